The van der Waals surface area contributed by atoms with Crippen molar-refractivity contribution < 1.29 is 14.1 Å². The van der Waals surface area contributed by atoms with Crippen LogP contribution in [-0.4, -0.2) is 18.3 Å². The van der Waals surface area contributed by atoms with Crippen molar-refractivity contribution in [3.8, 4) is 5.75 Å². The molecule has 1 heterocycles. The van der Waals surface area contributed by atoms with Crippen molar-refractivity contribution in [2.24, 2.45) is 0 Å². The molecule has 0 aliphatic heterocycles. The maximum absolute atomic E-state index is 12.3. The van der Waals surface area contributed by atoms with Crippen LogP contribution in [-0.2, 0) is 0 Å². The van der Waals surface area contributed by atoms with Gasteiger partial charge in [-0.2, -0.15) is 0 Å². The van der Waals surface area contributed by atoms with E-state index in [2.05, 4.69) is 15.8 Å². The van der Waals surface area contributed by atoms with Gasteiger partial charge in [-0.1, -0.05) is 35.0 Å². The van der Waals surface area contributed by atoms with Crippen LogP contribution in [0, 0.1) is 6.92 Å². The number of hydrogen-bond acceptors (Lipinski definition) is 4. The van der Waals surface area contributed by atoms with Crippen molar-refractivity contribution in [1.29, 1.82) is 0 Å². The molecule has 1 aromatic heterocycles. The molecular weight excluding hydrogens is 366 g/mol. The van der Waals surface area contributed by atoms with Crippen molar-refractivity contribution >= 4 is 41.2 Å². The SMILES string of the molecule is COc1ccc(/C=C/c2onc(C)c2NC(=O)Nc2ccc(Cl)cc2)cc1. The highest BCUT2D eigenvalue weighted by molar-refractivity contribution is 6.30. The molecule has 2 amide bonds. The minimum absolute atomic E-state index is 0.400. The molecule has 0 aliphatic rings. The van der Waals surface area contributed by atoms with Gasteiger partial charge >= 0.3 is 6.03 Å². The smallest absolute Gasteiger partial charge is 0.323 e. The lowest BCUT2D eigenvalue weighted by Crippen LogP contribution is -2.20. The fourth-order valence-electron chi connectivity index (χ4n) is 2.35. The number of benzene rings is 2. The van der Waals surface area contributed by atoms with E-state index in [1.54, 1.807) is 44.4 Å². The molecule has 7 heteroatoms. The Hall–Kier alpha value is -3.25. The summed E-state index contributed by atoms with van der Waals surface area (Å²) in [6.45, 7) is 1.76. The van der Waals surface area contributed by atoms with Crippen LogP contribution in [0.15, 0.2) is 53.1 Å². The zero-order valence-corrected chi connectivity index (χ0v) is 15.6. The average Bonchev–Trinajstić information content (AvgIpc) is 3.02. The lowest BCUT2D eigenvalue weighted by Gasteiger charge is -2.07. The quantitative estimate of drug-likeness (QED) is 0.613. The molecule has 2 N–H and O–H groups in total. The number of rotatable bonds is 5. The number of carbonyl (C=O) groups is 1. The standard InChI is InChI=1S/C20H18ClN3O3/c1-13-19(23-20(25)22-16-8-6-15(21)7-9-16)18(27-24-13)12-5-14-3-10-17(26-2)11-4-14/h3-12H,1-2H3,(H2,22,23,25)/b12-5+. The van der Waals surface area contributed by atoms with Crippen LogP contribution in [0.3, 0.4) is 0 Å². The Kier molecular flexibility index (Phi) is 5.78. The third-order valence-corrected chi connectivity index (χ3v) is 4.02. The number of methoxy groups -OCH3 is 1. The van der Waals surface area contributed by atoms with E-state index in [4.69, 9.17) is 20.9 Å². The molecule has 2 aromatic carbocycles. The Bertz CT molecular complexity index is 948. The van der Waals surface area contributed by atoms with Crippen LogP contribution in [0.25, 0.3) is 12.2 Å². The first-order valence-electron chi connectivity index (χ1n) is 8.17. The van der Waals surface area contributed by atoms with Crippen LogP contribution in [0.4, 0.5) is 16.2 Å². The van der Waals surface area contributed by atoms with Gasteiger partial charge in [0.05, 0.1) is 7.11 Å². The van der Waals surface area contributed by atoms with Crippen molar-refractivity contribution in [1.82, 2.24) is 5.16 Å². The second-order valence-electron chi connectivity index (χ2n) is 5.70. The summed E-state index contributed by atoms with van der Waals surface area (Å²) < 4.78 is 10.4. The molecule has 0 aliphatic carbocycles. The van der Waals surface area contributed by atoms with E-state index < -0.39 is 6.03 Å². The molecule has 27 heavy (non-hydrogen) atoms. The molecule has 0 saturated carbocycles. The van der Waals surface area contributed by atoms with E-state index >= 15 is 0 Å². The van der Waals surface area contributed by atoms with Crippen molar-refractivity contribution in [3.63, 3.8) is 0 Å². The van der Waals surface area contributed by atoms with Gasteiger partial charge in [0.25, 0.3) is 0 Å². The van der Waals surface area contributed by atoms with Crippen molar-refractivity contribution in [2.45, 2.75) is 6.92 Å². The third-order valence-electron chi connectivity index (χ3n) is 3.77. The summed E-state index contributed by atoms with van der Waals surface area (Å²) in [5.74, 6) is 1.23. The molecular formula is C20H18ClN3O3. The molecule has 3 rings (SSSR count). The summed E-state index contributed by atoms with van der Waals surface area (Å²) >= 11 is 5.84. The number of carbonyl (C=O) groups excluding carboxylic acids is 1. The van der Waals surface area contributed by atoms with Crippen molar-refractivity contribution in [3.05, 3.63) is 70.6 Å². The summed E-state index contributed by atoms with van der Waals surface area (Å²) in [4.78, 5) is 12.3. The van der Waals surface area contributed by atoms with E-state index in [-0.39, 0.29) is 0 Å². The molecule has 138 valence electrons. The molecule has 0 unspecified atom stereocenters. The summed E-state index contributed by atoms with van der Waals surface area (Å²) in [5, 5.41) is 10.0. The fourth-order valence-corrected chi connectivity index (χ4v) is 2.48. The number of aromatic nitrogens is 1. The van der Waals surface area contributed by atoms with Crippen molar-refractivity contribution in [2.75, 3.05) is 17.7 Å². The number of anilines is 2. The number of nitrogens with zero attached hydrogens (tertiary/aromatic N) is 1. The van der Waals surface area contributed by atoms with E-state index in [0.29, 0.717) is 27.9 Å². The van der Waals surface area contributed by atoms with Gasteiger partial charge in [0, 0.05) is 10.7 Å². The Morgan fingerprint density at radius 2 is 1.78 bits per heavy atom. The number of halogens is 1. The zero-order chi connectivity index (χ0) is 19.2. The monoisotopic (exact) mass is 383 g/mol. The van der Waals surface area contributed by atoms with Gasteiger partial charge in [0.1, 0.15) is 17.1 Å². The number of nitrogens with one attached hydrogen (secondary N) is 2. The number of amides is 2. The molecule has 0 radical (unpaired) electrons. The minimum atomic E-state index is -0.400. The van der Waals surface area contributed by atoms with Crippen LogP contribution < -0.4 is 15.4 Å². The third kappa shape index (κ3) is 4.89. The van der Waals surface area contributed by atoms with Gasteiger partial charge in [-0.05, 0) is 55.0 Å². The number of urea groups is 1. The average molecular weight is 384 g/mol. The Morgan fingerprint density at radius 1 is 1.07 bits per heavy atom. The highest BCUT2D eigenvalue weighted by Crippen LogP contribution is 2.23. The van der Waals surface area contributed by atoms with E-state index in [1.165, 1.54) is 0 Å². The minimum Gasteiger partial charge on any atom is -0.497 e. The second-order valence-corrected chi connectivity index (χ2v) is 6.14. The largest absolute Gasteiger partial charge is 0.497 e. The highest BCUT2D eigenvalue weighted by atomic mass is 35.5. The Balaban J connectivity index is 1.70. The predicted octanol–water partition coefficient (Wildman–Crippen LogP) is 5.46. The maximum atomic E-state index is 12.3. The van der Waals surface area contributed by atoms with Gasteiger partial charge in [0.15, 0.2) is 5.76 Å². The van der Waals surface area contributed by atoms with Gasteiger partial charge in [-0.15, -0.1) is 0 Å². The van der Waals surface area contributed by atoms with E-state index in [0.717, 1.165) is 11.3 Å². The van der Waals surface area contributed by atoms with Gasteiger partial charge < -0.3 is 19.9 Å². The van der Waals surface area contributed by atoms with Crippen LogP contribution in [0.2, 0.25) is 5.02 Å². The Morgan fingerprint density at radius 3 is 2.44 bits per heavy atom. The summed E-state index contributed by atoms with van der Waals surface area (Å²) in [6.07, 6.45) is 3.61. The molecule has 0 fully saturated rings. The number of hydrogen-bond donors (Lipinski definition) is 2. The molecule has 0 atom stereocenters. The van der Waals surface area contributed by atoms with Gasteiger partial charge in [0.2, 0.25) is 0 Å². The van der Waals surface area contributed by atoms with E-state index in [9.17, 15) is 4.79 Å². The lowest BCUT2D eigenvalue weighted by atomic mass is 10.2. The first kappa shape index (κ1) is 18.5. The number of aryl methyl sites for hydroxylation is 1. The number of ether oxygens (including phenoxy) is 1. The fraction of sp³-hybridized carbons (Fsp3) is 0.100. The Labute approximate surface area is 161 Å². The molecule has 0 bridgehead atoms. The van der Waals surface area contributed by atoms with E-state index in [1.807, 2.05) is 30.3 Å². The lowest BCUT2D eigenvalue weighted by molar-refractivity contribution is 0.262. The second kappa shape index (κ2) is 8.42. The summed E-state index contributed by atoms with van der Waals surface area (Å²) in [7, 11) is 1.62. The summed E-state index contributed by atoms with van der Waals surface area (Å²) in [6, 6.07) is 14.0. The van der Waals surface area contributed by atoms with Crippen LogP contribution in [0.5, 0.6) is 5.75 Å². The van der Waals surface area contributed by atoms with Gasteiger partial charge in [-0.25, -0.2) is 4.79 Å². The first-order valence-corrected chi connectivity index (χ1v) is 8.55. The molecule has 0 saturated heterocycles. The normalized spacial score (nSPS) is 10.8. The van der Waals surface area contributed by atoms with Gasteiger partial charge in [-0.3, -0.25) is 0 Å². The molecule has 3 aromatic rings. The topological polar surface area (TPSA) is 76.4 Å². The van der Waals surface area contributed by atoms with Crippen LogP contribution >= 0.6 is 11.6 Å². The maximum Gasteiger partial charge on any atom is 0.323 e. The predicted molar refractivity (Wildman–Crippen MR) is 107 cm³/mol. The first-order chi connectivity index (χ1) is 13.0. The molecule has 6 nitrogen and oxygen atoms in total. The molecule has 0 spiro atoms. The highest BCUT2D eigenvalue weighted by Gasteiger charge is 2.14. The van der Waals surface area contributed by atoms with Crippen LogP contribution in [0.1, 0.15) is 17.0 Å². The zero-order valence-electron chi connectivity index (χ0n) is 14.8. The summed E-state index contributed by atoms with van der Waals surface area (Å²) in [5.41, 5.74) is 2.67.